The number of rotatable bonds is 7. The lowest BCUT2D eigenvalue weighted by Gasteiger charge is -2.20. The van der Waals surface area contributed by atoms with E-state index in [0.29, 0.717) is 30.4 Å². The number of amides is 1. The fraction of sp³-hybridized carbons (Fsp3) is 0.385. The van der Waals surface area contributed by atoms with Crippen molar-refractivity contribution in [1.82, 2.24) is 5.32 Å². The van der Waals surface area contributed by atoms with Crippen LogP contribution in [-0.2, 0) is 4.79 Å². The fourth-order valence-corrected chi connectivity index (χ4v) is 1.74. The summed E-state index contributed by atoms with van der Waals surface area (Å²) in [5.41, 5.74) is 0.754. The zero-order chi connectivity index (χ0) is 15.0. The van der Waals surface area contributed by atoms with Crippen LogP contribution in [0.3, 0.4) is 0 Å². The molecule has 110 valence electrons. The molecular weight excluding hydrogens is 262 g/mol. The highest BCUT2D eigenvalue weighted by atomic mass is 16.4. The summed E-state index contributed by atoms with van der Waals surface area (Å²) < 4.78 is 0. The van der Waals surface area contributed by atoms with Crippen LogP contribution in [0.15, 0.2) is 29.4 Å². The van der Waals surface area contributed by atoms with Crippen LogP contribution in [0.25, 0.3) is 0 Å². The number of aliphatic hydroxyl groups is 2. The van der Waals surface area contributed by atoms with Crippen LogP contribution in [0.2, 0.25) is 0 Å². The first kappa shape index (κ1) is 16.1. The van der Waals surface area contributed by atoms with E-state index in [-0.39, 0.29) is 0 Å². The van der Waals surface area contributed by atoms with Crippen LogP contribution in [0.1, 0.15) is 18.1 Å². The van der Waals surface area contributed by atoms with Crippen LogP contribution < -0.4 is 10.6 Å². The molecule has 20 heavy (non-hydrogen) atoms. The molecule has 2 atom stereocenters. The van der Waals surface area contributed by atoms with Gasteiger partial charge in [-0.15, -0.1) is 0 Å². The molecule has 0 fully saturated rings. The number of oxime groups is 1. The van der Waals surface area contributed by atoms with Crippen LogP contribution in [0.5, 0.6) is 0 Å². The summed E-state index contributed by atoms with van der Waals surface area (Å²) in [5, 5.41) is 36.3. The molecule has 0 aromatic heterocycles. The highest BCUT2D eigenvalue weighted by Crippen LogP contribution is 2.26. The van der Waals surface area contributed by atoms with E-state index < -0.39 is 18.1 Å². The summed E-state index contributed by atoms with van der Waals surface area (Å²) in [4.78, 5) is 11.4. The van der Waals surface area contributed by atoms with Gasteiger partial charge in [0.05, 0.1) is 6.10 Å². The van der Waals surface area contributed by atoms with E-state index in [1.807, 2.05) is 0 Å². The Morgan fingerprint density at radius 3 is 2.75 bits per heavy atom. The molecule has 2 unspecified atom stereocenters. The number of hydrogen-bond acceptors (Lipinski definition) is 6. The number of carbonyl (C=O) groups excluding carboxylic acids is 1. The maximum absolute atomic E-state index is 11.4. The minimum Gasteiger partial charge on any atom is -0.411 e. The lowest BCUT2D eigenvalue weighted by atomic mass is 10.00. The van der Waals surface area contributed by atoms with E-state index >= 15 is 0 Å². The number of nitrogens with one attached hydrogen (secondary N) is 2. The second kappa shape index (κ2) is 8.26. The van der Waals surface area contributed by atoms with Gasteiger partial charge in [-0.05, 0) is 26.1 Å². The molecule has 0 aliphatic heterocycles. The molecule has 7 heteroatoms. The molecule has 0 saturated carbocycles. The number of benzene rings is 1. The monoisotopic (exact) mass is 281 g/mol. The molecule has 7 nitrogen and oxygen atoms in total. The zero-order valence-electron chi connectivity index (χ0n) is 11.2. The average molecular weight is 281 g/mol. The first-order chi connectivity index (χ1) is 9.60. The molecule has 1 amide bonds. The van der Waals surface area contributed by atoms with Gasteiger partial charge in [0.1, 0.15) is 12.3 Å². The van der Waals surface area contributed by atoms with Gasteiger partial charge in [-0.1, -0.05) is 23.4 Å². The lowest BCUT2D eigenvalue weighted by molar-refractivity contribution is -0.110. The van der Waals surface area contributed by atoms with Crippen LogP contribution in [0.4, 0.5) is 5.69 Å². The minimum absolute atomic E-state index is 0.355. The molecule has 0 aliphatic carbocycles. The van der Waals surface area contributed by atoms with Crippen LogP contribution in [-0.4, -0.2) is 47.2 Å². The summed E-state index contributed by atoms with van der Waals surface area (Å²) in [6.07, 6.45) is -0.989. The number of para-hydroxylation sites is 1. The Labute approximate surface area is 116 Å². The van der Waals surface area contributed by atoms with Crippen molar-refractivity contribution < 1.29 is 20.2 Å². The minimum atomic E-state index is -1.12. The average Bonchev–Trinajstić information content (AvgIpc) is 2.44. The second-order valence-corrected chi connectivity index (χ2v) is 4.23. The highest BCUT2D eigenvalue weighted by Gasteiger charge is 2.21. The standard InChI is InChI=1S/C13H19N3O4/c1-14-7-6-11(17)13(19)9-4-2-3-5-10(9)16-12(18)8-15-20/h2-5,8,11,13-14,17,19-20H,6-7H2,1H3,(H,16,18). The number of hydrogen-bond donors (Lipinski definition) is 5. The van der Waals surface area contributed by atoms with Gasteiger partial charge in [-0.25, -0.2) is 0 Å². The summed E-state index contributed by atoms with van der Waals surface area (Å²) in [6, 6.07) is 6.58. The largest absolute Gasteiger partial charge is 0.411 e. The molecule has 1 aromatic rings. The van der Waals surface area contributed by atoms with Gasteiger partial charge in [0, 0.05) is 11.3 Å². The predicted molar refractivity (Wildman–Crippen MR) is 74.9 cm³/mol. The van der Waals surface area contributed by atoms with Gasteiger partial charge in [0.15, 0.2) is 0 Å². The number of nitrogens with zero attached hydrogens (tertiary/aromatic N) is 1. The number of carbonyl (C=O) groups is 1. The summed E-state index contributed by atoms with van der Waals surface area (Å²) in [7, 11) is 1.75. The Hall–Kier alpha value is -1.96. The molecule has 0 heterocycles. The predicted octanol–water partition coefficient (Wildman–Crippen LogP) is 0.0889. The zero-order valence-corrected chi connectivity index (χ0v) is 11.2. The van der Waals surface area contributed by atoms with Crippen molar-refractivity contribution in [3.8, 4) is 0 Å². The van der Waals surface area contributed by atoms with Gasteiger partial charge in [0.2, 0.25) is 0 Å². The molecule has 1 rings (SSSR count). The van der Waals surface area contributed by atoms with Crippen molar-refractivity contribution in [3.63, 3.8) is 0 Å². The quantitative estimate of drug-likeness (QED) is 0.276. The molecular formula is C13H19N3O4. The third kappa shape index (κ3) is 4.61. The van der Waals surface area contributed by atoms with Crippen LogP contribution >= 0.6 is 0 Å². The Morgan fingerprint density at radius 2 is 2.10 bits per heavy atom. The van der Waals surface area contributed by atoms with Gasteiger partial charge >= 0.3 is 0 Å². The van der Waals surface area contributed by atoms with Crippen molar-refractivity contribution >= 4 is 17.8 Å². The number of anilines is 1. The molecule has 0 spiro atoms. The molecule has 0 radical (unpaired) electrons. The first-order valence-electron chi connectivity index (χ1n) is 6.18. The maximum atomic E-state index is 11.4. The van der Waals surface area contributed by atoms with Crippen molar-refractivity contribution in [1.29, 1.82) is 0 Å². The SMILES string of the molecule is CNCCC(O)C(O)c1ccccc1NC(=O)C=NO. The summed E-state index contributed by atoms with van der Waals surface area (Å²) in [5.74, 6) is -0.628. The molecule has 5 N–H and O–H groups in total. The molecule has 0 aliphatic rings. The molecule has 1 aromatic carbocycles. The Morgan fingerprint density at radius 1 is 1.40 bits per heavy atom. The van der Waals surface area contributed by atoms with E-state index in [0.717, 1.165) is 0 Å². The van der Waals surface area contributed by atoms with Gasteiger partial charge in [0.25, 0.3) is 5.91 Å². The fourth-order valence-electron chi connectivity index (χ4n) is 1.74. The van der Waals surface area contributed by atoms with Gasteiger partial charge in [-0.3, -0.25) is 4.79 Å². The van der Waals surface area contributed by atoms with Gasteiger partial charge in [-0.2, -0.15) is 0 Å². The topological polar surface area (TPSA) is 114 Å². The van der Waals surface area contributed by atoms with E-state index in [1.54, 1.807) is 31.3 Å². The van der Waals surface area contributed by atoms with Crippen molar-refractivity contribution in [3.05, 3.63) is 29.8 Å². The van der Waals surface area contributed by atoms with Crippen molar-refractivity contribution in [2.24, 2.45) is 5.16 Å². The lowest BCUT2D eigenvalue weighted by Crippen LogP contribution is -2.24. The third-order valence-corrected chi connectivity index (χ3v) is 2.77. The molecule has 0 saturated heterocycles. The normalized spacial score (nSPS) is 14.2. The van der Waals surface area contributed by atoms with E-state index in [9.17, 15) is 15.0 Å². The Balaban J connectivity index is 2.86. The third-order valence-electron chi connectivity index (χ3n) is 2.77. The maximum Gasteiger partial charge on any atom is 0.270 e. The first-order valence-corrected chi connectivity index (χ1v) is 6.18. The van der Waals surface area contributed by atoms with Crippen molar-refractivity contribution in [2.45, 2.75) is 18.6 Å². The summed E-state index contributed by atoms with van der Waals surface area (Å²) in [6.45, 7) is 0.559. The summed E-state index contributed by atoms with van der Waals surface area (Å²) >= 11 is 0. The smallest absolute Gasteiger partial charge is 0.270 e. The molecule has 0 bridgehead atoms. The van der Waals surface area contributed by atoms with E-state index in [4.69, 9.17) is 5.21 Å². The highest BCUT2D eigenvalue weighted by molar-refractivity contribution is 6.31. The van der Waals surface area contributed by atoms with Crippen LogP contribution in [0, 0.1) is 0 Å². The second-order valence-electron chi connectivity index (χ2n) is 4.23. The van der Waals surface area contributed by atoms with E-state index in [1.165, 1.54) is 0 Å². The van der Waals surface area contributed by atoms with Crippen molar-refractivity contribution in [2.75, 3.05) is 18.9 Å². The van der Waals surface area contributed by atoms with Gasteiger partial charge < -0.3 is 26.1 Å². The van der Waals surface area contributed by atoms with E-state index in [2.05, 4.69) is 15.8 Å². The number of aliphatic hydroxyl groups excluding tert-OH is 2. The Kier molecular flexibility index (Phi) is 6.65. The Bertz CT molecular complexity index is 465.